The van der Waals surface area contributed by atoms with Gasteiger partial charge in [-0.3, -0.25) is 0 Å². The van der Waals surface area contributed by atoms with Gasteiger partial charge in [-0.25, -0.2) is 13.2 Å². The van der Waals surface area contributed by atoms with Crippen LogP contribution in [0.15, 0.2) is 23.1 Å². The van der Waals surface area contributed by atoms with E-state index in [0.29, 0.717) is 12.0 Å². The molecule has 0 fully saturated rings. The van der Waals surface area contributed by atoms with E-state index in [1.165, 1.54) is 12.1 Å². The van der Waals surface area contributed by atoms with Gasteiger partial charge in [0.05, 0.1) is 23.2 Å². The summed E-state index contributed by atoms with van der Waals surface area (Å²) in [6.07, 6.45) is 0.555. The van der Waals surface area contributed by atoms with Crippen molar-refractivity contribution < 1.29 is 22.7 Å². The van der Waals surface area contributed by atoms with Gasteiger partial charge in [-0.1, -0.05) is 13.0 Å². The lowest BCUT2D eigenvalue weighted by Crippen LogP contribution is -2.14. The fraction of sp³-hybridized carbons (Fsp3) is 0.500. The summed E-state index contributed by atoms with van der Waals surface area (Å²) in [5, 5.41) is 0. The molecule has 5 nitrogen and oxygen atoms in total. The number of hydrogen-bond donors (Lipinski definition) is 0. The number of ether oxygens (including phenoxy) is 2. The average molecular weight is 335 g/mol. The van der Waals surface area contributed by atoms with E-state index in [1.807, 2.05) is 20.8 Å². The van der Waals surface area contributed by atoms with Crippen molar-refractivity contribution in [2.24, 2.45) is 0 Å². The number of aryl methyl sites for hydroxylation is 1. The van der Waals surface area contributed by atoms with E-state index in [2.05, 4.69) is 0 Å². The maximum Gasteiger partial charge on any atom is 0.338 e. The maximum atomic E-state index is 11.9. The molecule has 1 rings (SSSR count). The van der Waals surface area contributed by atoms with Crippen molar-refractivity contribution in [3.05, 3.63) is 29.3 Å². The second-order valence-electron chi connectivity index (χ2n) is 4.67. The van der Waals surface area contributed by atoms with Crippen molar-refractivity contribution in [1.29, 1.82) is 0 Å². The number of hydrogen-bond acceptors (Lipinski definition) is 5. The fourth-order valence-corrected chi connectivity index (χ4v) is 2.93. The molecule has 118 valence electrons. The molecule has 0 aliphatic carbocycles. The average Bonchev–Trinajstić information content (AvgIpc) is 2.41. The van der Waals surface area contributed by atoms with E-state index in [9.17, 15) is 13.2 Å². The topological polar surface area (TPSA) is 69.7 Å². The van der Waals surface area contributed by atoms with Crippen LogP contribution >= 0.6 is 10.7 Å². The third-order valence-corrected chi connectivity index (χ3v) is 4.12. The lowest BCUT2D eigenvalue weighted by molar-refractivity contribution is 0.0176. The largest absolute Gasteiger partial charge is 0.460 e. The standard InChI is InChI=1S/C14H19ClO5S/c1-4-11-5-6-12(9-13(11)21(15,17)18)14(16)20-8-7-19-10(2)3/h5-6,9-10H,4,7-8H2,1-3H3. The van der Waals surface area contributed by atoms with Gasteiger partial charge in [-0.15, -0.1) is 0 Å². The molecule has 0 aliphatic heterocycles. The highest BCUT2D eigenvalue weighted by Crippen LogP contribution is 2.22. The van der Waals surface area contributed by atoms with Crippen molar-refractivity contribution in [1.82, 2.24) is 0 Å². The molecule has 0 N–H and O–H groups in total. The Morgan fingerprint density at radius 2 is 1.95 bits per heavy atom. The van der Waals surface area contributed by atoms with Gasteiger partial charge in [0, 0.05) is 10.7 Å². The molecule has 0 amide bonds. The van der Waals surface area contributed by atoms with Gasteiger partial charge in [-0.05, 0) is 38.0 Å². The first kappa shape index (κ1) is 17.9. The van der Waals surface area contributed by atoms with E-state index in [0.717, 1.165) is 0 Å². The van der Waals surface area contributed by atoms with Crippen LogP contribution in [0.3, 0.4) is 0 Å². The Balaban J connectivity index is 2.82. The first-order valence-corrected chi connectivity index (χ1v) is 8.93. The van der Waals surface area contributed by atoms with Gasteiger partial charge in [0.2, 0.25) is 0 Å². The molecule has 0 atom stereocenters. The van der Waals surface area contributed by atoms with Gasteiger partial charge in [0.1, 0.15) is 6.61 Å². The molecule has 0 unspecified atom stereocenters. The van der Waals surface area contributed by atoms with Gasteiger partial charge in [0.25, 0.3) is 9.05 Å². The van der Waals surface area contributed by atoms with Gasteiger partial charge in [-0.2, -0.15) is 0 Å². The summed E-state index contributed by atoms with van der Waals surface area (Å²) in [4.78, 5) is 11.8. The Labute approximate surface area is 129 Å². The summed E-state index contributed by atoms with van der Waals surface area (Å²) in [6.45, 7) is 5.96. The van der Waals surface area contributed by atoms with Crippen molar-refractivity contribution in [3.63, 3.8) is 0 Å². The Morgan fingerprint density at radius 3 is 2.48 bits per heavy atom. The minimum Gasteiger partial charge on any atom is -0.460 e. The highest BCUT2D eigenvalue weighted by atomic mass is 35.7. The summed E-state index contributed by atoms with van der Waals surface area (Å²) >= 11 is 0. The predicted molar refractivity (Wildman–Crippen MR) is 80.2 cm³/mol. The summed E-state index contributed by atoms with van der Waals surface area (Å²) in [6, 6.07) is 4.33. The highest BCUT2D eigenvalue weighted by molar-refractivity contribution is 8.13. The lowest BCUT2D eigenvalue weighted by atomic mass is 10.1. The molecule has 0 aliphatic rings. The molecule has 1 aromatic carbocycles. The normalized spacial score (nSPS) is 11.7. The number of carbonyl (C=O) groups is 1. The van der Waals surface area contributed by atoms with Crippen LogP contribution in [-0.4, -0.2) is 33.7 Å². The number of benzene rings is 1. The molecular formula is C14H19ClO5S. The molecule has 0 spiro atoms. The van der Waals surface area contributed by atoms with Crippen LogP contribution in [0.4, 0.5) is 0 Å². The molecule has 0 saturated carbocycles. The smallest absolute Gasteiger partial charge is 0.338 e. The Kier molecular flexibility index (Phi) is 6.64. The van der Waals surface area contributed by atoms with Gasteiger partial charge < -0.3 is 9.47 Å². The summed E-state index contributed by atoms with van der Waals surface area (Å²) in [5.74, 6) is -0.605. The van der Waals surface area contributed by atoms with Crippen molar-refractivity contribution in [2.75, 3.05) is 13.2 Å². The zero-order valence-electron chi connectivity index (χ0n) is 12.3. The maximum absolute atomic E-state index is 11.9. The molecule has 21 heavy (non-hydrogen) atoms. The van der Waals surface area contributed by atoms with Crippen LogP contribution in [0.25, 0.3) is 0 Å². The Morgan fingerprint density at radius 1 is 1.29 bits per heavy atom. The van der Waals surface area contributed by atoms with Crippen LogP contribution in [0.1, 0.15) is 36.7 Å². The van der Waals surface area contributed by atoms with E-state index >= 15 is 0 Å². The first-order chi connectivity index (χ1) is 9.75. The number of esters is 1. The lowest BCUT2D eigenvalue weighted by Gasteiger charge is -2.10. The van der Waals surface area contributed by atoms with Gasteiger partial charge in [0.15, 0.2) is 0 Å². The van der Waals surface area contributed by atoms with E-state index in [4.69, 9.17) is 20.2 Å². The second-order valence-corrected chi connectivity index (χ2v) is 7.20. The molecule has 0 heterocycles. The summed E-state index contributed by atoms with van der Waals surface area (Å²) in [7, 11) is 1.48. The predicted octanol–water partition coefficient (Wildman–Crippen LogP) is 2.76. The number of rotatable bonds is 7. The minimum atomic E-state index is -3.90. The van der Waals surface area contributed by atoms with Crippen LogP contribution < -0.4 is 0 Å². The Bertz CT molecular complexity index is 595. The monoisotopic (exact) mass is 334 g/mol. The molecule has 0 aromatic heterocycles. The van der Waals surface area contributed by atoms with E-state index in [-0.39, 0.29) is 29.8 Å². The number of halogens is 1. The quantitative estimate of drug-likeness (QED) is 0.435. The van der Waals surface area contributed by atoms with Crippen LogP contribution in [0, 0.1) is 0 Å². The van der Waals surface area contributed by atoms with E-state index in [1.54, 1.807) is 6.07 Å². The van der Waals surface area contributed by atoms with E-state index < -0.39 is 15.0 Å². The third kappa shape index (κ3) is 5.65. The van der Waals surface area contributed by atoms with Crippen molar-refractivity contribution in [2.45, 2.75) is 38.2 Å². The molecule has 0 radical (unpaired) electrons. The molecular weight excluding hydrogens is 316 g/mol. The molecule has 7 heteroatoms. The van der Waals surface area contributed by atoms with Crippen LogP contribution in [0.2, 0.25) is 0 Å². The molecule has 1 aromatic rings. The third-order valence-electron chi connectivity index (χ3n) is 2.71. The van der Waals surface area contributed by atoms with Crippen LogP contribution in [0.5, 0.6) is 0 Å². The minimum absolute atomic E-state index is 0.0560. The zero-order chi connectivity index (χ0) is 16.0. The summed E-state index contributed by atoms with van der Waals surface area (Å²) in [5.41, 5.74) is 0.709. The van der Waals surface area contributed by atoms with Crippen molar-refractivity contribution in [3.8, 4) is 0 Å². The SMILES string of the molecule is CCc1ccc(C(=O)OCCOC(C)C)cc1S(=O)(=O)Cl. The molecule has 0 bridgehead atoms. The first-order valence-electron chi connectivity index (χ1n) is 6.62. The molecule has 0 saturated heterocycles. The van der Waals surface area contributed by atoms with Crippen LogP contribution in [-0.2, 0) is 24.9 Å². The highest BCUT2D eigenvalue weighted by Gasteiger charge is 2.18. The van der Waals surface area contributed by atoms with Crippen molar-refractivity contribution >= 4 is 25.7 Å². The summed E-state index contributed by atoms with van der Waals surface area (Å²) < 4.78 is 33.3. The fourth-order valence-electron chi connectivity index (χ4n) is 1.70. The second kappa shape index (κ2) is 7.77. The number of carbonyl (C=O) groups excluding carboxylic acids is 1. The Hall–Kier alpha value is -1.11. The zero-order valence-corrected chi connectivity index (χ0v) is 13.8. The van der Waals surface area contributed by atoms with Gasteiger partial charge >= 0.3 is 5.97 Å².